The summed E-state index contributed by atoms with van der Waals surface area (Å²) in [6.45, 7) is 3.31. The van der Waals surface area contributed by atoms with Gasteiger partial charge in [-0.2, -0.15) is 0 Å². The number of nitrogens with one attached hydrogen (secondary N) is 2. The first-order valence-electron chi connectivity index (χ1n) is 8.43. The molecule has 134 valence electrons. The SMILES string of the molecule is O=S(=O)(Nc1cc2cccnc2c(N2CCNCC2)n1)c1ccccc1. The van der Waals surface area contributed by atoms with E-state index < -0.39 is 10.0 Å². The molecule has 2 aromatic heterocycles. The first kappa shape index (κ1) is 16.7. The Labute approximate surface area is 152 Å². The highest BCUT2D eigenvalue weighted by Crippen LogP contribution is 2.27. The van der Waals surface area contributed by atoms with Crippen LogP contribution in [0.2, 0.25) is 0 Å². The van der Waals surface area contributed by atoms with Gasteiger partial charge in [0.1, 0.15) is 11.3 Å². The van der Waals surface area contributed by atoms with E-state index in [1.54, 1.807) is 42.6 Å². The van der Waals surface area contributed by atoms with Crippen molar-refractivity contribution in [2.45, 2.75) is 4.90 Å². The minimum absolute atomic E-state index is 0.205. The molecular weight excluding hydrogens is 350 g/mol. The quantitative estimate of drug-likeness (QED) is 0.730. The number of fused-ring (bicyclic) bond motifs is 1. The fourth-order valence-corrected chi connectivity index (χ4v) is 4.03. The van der Waals surface area contributed by atoms with Crippen molar-refractivity contribution < 1.29 is 8.42 Å². The summed E-state index contributed by atoms with van der Waals surface area (Å²) in [4.78, 5) is 11.4. The van der Waals surface area contributed by atoms with E-state index in [1.807, 2.05) is 12.1 Å². The van der Waals surface area contributed by atoms with Crippen LogP contribution >= 0.6 is 0 Å². The molecule has 0 bridgehead atoms. The lowest BCUT2D eigenvalue weighted by molar-refractivity contribution is 0.586. The molecule has 0 atom stereocenters. The molecule has 0 radical (unpaired) electrons. The molecule has 1 saturated heterocycles. The third kappa shape index (κ3) is 3.33. The molecule has 0 aliphatic carbocycles. The van der Waals surface area contributed by atoms with Crippen LogP contribution in [0.1, 0.15) is 0 Å². The fourth-order valence-electron chi connectivity index (χ4n) is 3.01. The molecule has 3 heterocycles. The molecule has 1 aliphatic rings. The van der Waals surface area contributed by atoms with E-state index in [0.717, 1.165) is 37.1 Å². The maximum Gasteiger partial charge on any atom is 0.263 e. The van der Waals surface area contributed by atoms with Crippen LogP contribution in [0.25, 0.3) is 10.9 Å². The summed E-state index contributed by atoms with van der Waals surface area (Å²) in [5.74, 6) is 0.998. The molecule has 3 aromatic rings. The monoisotopic (exact) mass is 369 g/mol. The number of sulfonamides is 1. The Kier molecular flexibility index (Phi) is 4.44. The summed E-state index contributed by atoms with van der Waals surface area (Å²) in [7, 11) is -3.69. The van der Waals surface area contributed by atoms with Crippen molar-refractivity contribution in [1.29, 1.82) is 0 Å². The molecule has 7 nitrogen and oxygen atoms in total. The number of benzene rings is 1. The normalized spacial score (nSPS) is 15.2. The van der Waals surface area contributed by atoms with Crippen molar-refractivity contribution in [3.05, 3.63) is 54.7 Å². The van der Waals surface area contributed by atoms with Gasteiger partial charge in [-0.05, 0) is 24.3 Å². The third-order valence-corrected chi connectivity index (χ3v) is 5.65. The summed E-state index contributed by atoms with van der Waals surface area (Å²) in [6, 6.07) is 13.7. The average Bonchev–Trinajstić information content (AvgIpc) is 2.68. The summed E-state index contributed by atoms with van der Waals surface area (Å²) >= 11 is 0. The fraction of sp³-hybridized carbons (Fsp3) is 0.222. The topological polar surface area (TPSA) is 87.2 Å². The number of hydrogen-bond acceptors (Lipinski definition) is 6. The van der Waals surface area contributed by atoms with Gasteiger partial charge in [0.15, 0.2) is 5.82 Å². The smallest absolute Gasteiger partial charge is 0.263 e. The van der Waals surface area contributed by atoms with Crippen molar-refractivity contribution in [2.24, 2.45) is 0 Å². The maximum atomic E-state index is 12.6. The van der Waals surface area contributed by atoms with Gasteiger partial charge in [-0.3, -0.25) is 9.71 Å². The van der Waals surface area contributed by atoms with E-state index in [9.17, 15) is 8.42 Å². The van der Waals surface area contributed by atoms with Crippen molar-refractivity contribution in [2.75, 3.05) is 35.8 Å². The number of nitrogens with zero attached hydrogens (tertiary/aromatic N) is 3. The molecule has 1 aliphatic heterocycles. The highest BCUT2D eigenvalue weighted by atomic mass is 32.2. The molecule has 0 unspecified atom stereocenters. The van der Waals surface area contributed by atoms with Crippen molar-refractivity contribution in [3.63, 3.8) is 0 Å². The second-order valence-electron chi connectivity index (χ2n) is 6.06. The number of anilines is 2. The predicted molar refractivity (Wildman–Crippen MR) is 102 cm³/mol. The molecule has 0 amide bonds. The zero-order valence-corrected chi connectivity index (χ0v) is 14.9. The van der Waals surface area contributed by atoms with Crippen LogP contribution in [-0.2, 0) is 10.0 Å². The average molecular weight is 369 g/mol. The molecule has 26 heavy (non-hydrogen) atoms. The molecular formula is C18H19N5O2S. The minimum Gasteiger partial charge on any atom is -0.352 e. The van der Waals surface area contributed by atoms with Gasteiger partial charge in [0.2, 0.25) is 0 Å². The van der Waals surface area contributed by atoms with Gasteiger partial charge in [-0.1, -0.05) is 24.3 Å². The van der Waals surface area contributed by atoms with Crippen LogP contribution in [-0.4, -0.2) is 44.6 Å². The van der Waals surface area contributed by atoms with E-state index in [0.29, 0.717) is 11.6 Å². The highest BCUT2D eigenvalue weighted by molar-refractivity contribution is 7.92. The van der Waals surface area contributed by atoms with Gasteiger partial charge >= 0.3 is 0 Å². The van der Waals surface area contributed by atoms with Crippen LogP contribution < -0.4 is 14.9 Å². The van der Waals surface area contributed by atoms with Crippen molar-refractivity contribution in [3.8, 4) is 0 Å². The second-order valence-corrected chi connectivity index (χ2v) is 7.74. The van der Waals surface area contributed by atoms with Crippen LogP contribution in [0.15, 0.2) is 59.6 Å². The van der Waals surface area contributed by atoms with Crippen LogP contribution in [0.5, 0.6) is 0 Å². The summed E-state index contributed by atoms with van der Waals surface area (Å²) in [6.07, 6.45) is 1.73. The standard InChI is InChI=1S/C18H19N5O2S/c24-26(25,15-6-2-1-3-7-15)22-16-13-14-5-4-8-20-17(14)18(21-16)23-11-9-19-10-12-23/h1-8,13,19H,9-12H2,(H,21,22). The lowest BCUT2D eigenvalue weighted by Gasteiger charge is -2.29. The first-order chi connectivity index (χ1) is 12.6. The Morgan fingerprint density at radius 2 is 1.81 bits per heavy atom. The Bertz CT molecular complexity index is 1020. The number of hydrogen-bond donors (Lipinski definition) is 2. The Morgan fingerprint density at radius 3 is 2.58 bits per heavy atom. The largest absolute Gasteiger partial charge is 0.352 e. The first-order valence-corrected chi connectivity index (χ1v) is 9.91. The molecule has 0 spiro atoms. The maximum absolute atomic E-state index is 12.6. The van der Waals surface area contributed by atoms with Crippen molar-refractivity contribution in [1.82, 2.24) is 15.3 Å². The molecule has 8 heteroatoms. The molecule has 1 fully saturated rings. The Morgan fingerprint density at radius 1 is 1.04 bits per heavy atom. The second kappa shape index (κ2) is 6.89. The molecule has 4 rings (SSSR count). The zero-order valence-electron chi connectivity index (χ0n) is 14.1. The Hall–Kier alpha value is -2.71. The van der Waals surface area contributed by atoms with E-state index in [-0.39, 0.29) is 4.90 Å². The Balaban J connectivity index is 1.76. The summed E-state index contributed by atoms with van der Waals surface area (Å²) < 4.78 is 27.9. The molecule has 2 N–H and O–H groups in total. The van der Waals surface area contributed by atoms with Gasteiger partial charge in [0.25, 0.3) is 10.0 Å². The molecule has 1 aromatic carbocycles. The lowest BCUT2D eigenvalue weighted by Crippen LogP contribution is -2.44. The number of rotatable bonds is 4. The summed E-state index contributed by atoms with van der Waals surface area (Å²) in [5, 5.41) is 4.15. The van der Waals surface area contributed by atoms with Gasteiger partial charge in [0.05, 0.1) is 4.90 Å². The van der Waals surface area contributed by atoms with E-state index in [1.165, 1.54) is 0 Å². The lowest BCUT2D eigenvalue weighted by atomic mass is 10.2. The third-order valence-electron chi connectivity index (χ3n) is 4.28. The van der Waals surface area contributed by atoms with Crippen LogP contribution in [0.3, 0.4) is 0 Å². The van der Waals surface area contributed by atoms with Crippen LogP contribution in [0.4, 0.5) is 11.6 Å². The number of pyridine rings is 2. The minimum atomic E-state index is -3.69. The van der Waals surface area contributed by atoms with E-state index in [4.69, 9.17) is 0 Å². The summed E-state index contributed by atoms with van der Waals surface area (Å²) in [5.41, 5.74) is 0.775. The molecule has 0 saturated carbocycles. The highest BCUT2D eigenvalue weighted by Gasteiger charge is 2.19. The predicted octanol–water partition coefficient (Wildman–Crippen LogP) is 1.84. The van der Waals surface area contributed by atoms with Crippen molar-refractivity contribution >= 4 is 32.6 Å². The number of piperazine rings is 1. The van der Waals surface area contributed by atoms with Gasteiger partial charge in [-0.25, -0.2) is 13.4 Å². The van der Waals surface area contributed by atoms with Gasteiger partial charge in [-0.15, -0.1) is 0 Å². The van der Waals surface area contributed by atoms with E-state index >= 15 is 0 Å². The van der Waals surface area contributed by atoms with Crippen LogP contribution in [0, 0.1) is 0 Å². The van der Waals surface area contributed by atoms with E-state index in [2.05, 4.69) is 24.9 Å². The zero-order chi connectivity index (χ0) is 18.0. The van der Waals surface area contributed by atoms with Gasteiger partial charge < -0.3 is 10.2 Å². The number of aromatic nitrogens is 2. The van der Waals surface area contributed by atoms with Gasteiger partial charge in [0, 0.05) is 37.8 Å².